The van der Waals surface area contributed by atoms with Crippen LogP contribution in [0.1, 0.15) is 42.7 Å². The Hall–Kier alpha value is -2.81. The molecule has 1 aliphatic heterocycles. The molecule has 0 spiro atoms. The maximum Gasteiger partial charge on any atom is 0.287 e. The van der Waals surface area contributed by atoms with Crippen LogP contribution in [0.15, 0.2) is 43.1 Å². The van der Waals surface area contributed by atoms with Crippen LogP contribution in [0, 0.1) is 0 Å². The molecular formula is C21H24F2N6O. The van der Waals surface area contributed by atoms with E-state index in [9.17, 15) is 13.6 Å². The second kappa shape index (κ2) is 7.46. The number of rotatable bonds is 4. The second-order valence-corrected chi connectivity index (χ2v) is 8.24. The monoisotopic (exact) mass is 414 g/mol. The lowest BCUT2D eigenvalue weighted by Gasteiger charge is -2.34. The molecule has 1 saturated carbocycles. The molecule has 1 aliphatic carbocycles. The molecule has 0 bridgehead atoms. The first-order valence-corrected chi connectivity index (χ1v) is 10.4. The van der Waals surface area contributed by atoms with Crippen LogP contribution in [0.5, 0.6) is 0 Å². The number of carbonyl (C=O) groups is 1. The number of amides is 1. The predicted octanol–water partition coefficient (Wildman–Crippen LogP) is 2.90. The molecule has 4 heterocycles. The number of alkyl halides is 2. The van der Waals surface area contributed by atoms with Crippen molar-refractivity contribution in [3.05, 3.63) is 48.9 Å². The fourth-order valence-electron chi connectivity index (χ4n) is 4.67. The molecule has 9 heteroatoms. The normalized spacial score (nSPS) is 24.3. The summed E-state index contributed by atoms with van der Waals surface area (Å²) in [6, 6.07) is 5.90. The molecule has 3 aromatic rings. The average Bonchev–Trinajstić information content (AvgIpc) is 3.46. The fraction of sp³-hybridized carbons (Fsp3) is 0.476. The quantitative estimate of drug-likeness (QED) is 0.713. The average molecular weight is 414 g/mol. The van der Waals surface area contributed by atoms with E-state index in [1.54, 1.807) is 27.7 Å². The molecule has 2 aliphatic rings. The summed E-state index contributed by atoms with van der Waals surface area (Å²) in [5.74, 6) is -1.80. The Morgan fingerprint density at radius 3 is 2.70 bits per heavy atom. The van der Waals surface area contributed by atoms with Gasteiger partial charge in [-0.05, 0) is 37.8 Å². The van der Waals surface area contributed by atoms with E-state index in [1.165, 1.54) is 0 Å². The highest BCUT2D eigenvalue weighted by Crippen LogP contribution is 2.32. The number of fused-ring (bicyclic) bond motifs is 1. The molecule has 3 aromatic heterocycles. The molecule has 0 atom stereocenters. The minimum atomic E-state index is -2.56. The third-order valence-electron chi connectivity index (χ3n) is 6.23. The van der Waals surface area contributed by atoms with Crippen LogP contribution in [0.25, 0.3) is 11.3 Å². The molecule has 158 valence electrons. The first-order valence-electron chi connectivity index (χ1n) is 10.4. The van der Waals surface area contributed by atoms with Crippen molar-refractivity contribution in [2.75, 3.05) is 13.1 Å². The Bertz CT molecular complexity index is 1040. The van der Waals surface area contributed by atoms with Gasteiger partial charge in [0.1, 0.15) is 6.33 Å². The Kier molecular flexibility index (Phi) is 4.77. The number of aromatic nitrogens is 4. The van der Waals surface area contributed by atoms with Crippen molar-refractivity contribution < 1.29 is 13.6 Å². The summed E-state index contributed by atoms with van der Waals surface area (Å²) < 4.78 is 30.6. The number of nitrogens with zero attached hydrogens (tertiary/aromatic N) is 5. The lowest BCUT2D eigenvalue weighted by molar-refractivity contribution is 0.00504. The maximum absolute atomic E-state index is 13.5. The molecule has 7 nitrogen and oxygen atoms in total. The molecule has 1 N–H and O–H groups in total. The summed E-state index contributed by atoms with van der Waals surface area (Å²) >= 11 is 0. The van der Waals surface area contributed by atoms with E-state index < -0.39 is 5.92 Å². The summed E-state index contributed by atoms with van der Waals surface area (Å²) in [6.07, 6.45) is 10.1. The summed E-state index contributed by atoms with van der Waals surface area (Å²) in [6.45, 7) is 0.331. The Labute approximate surface area is 172 Å². The first-order chi connectivity index (χ1) is 14.5. The number of likely N-dealkylation sites (tertiary alicyclic amines) is 1. The summed E-state index contributed by atoms with van der Waals surface area (Å²) in [7, 11) is 0. The molecule has 1 saturated heterocycles. The summed E-state index contributed by atoms with van der Waals surface area (Å²) in [5.41, 5.74) is 0.819. The van der Waals surface area contributed by atoms with Gasteiger partial charge in [-0.3, -0.25) is 18.7 Å². The van der Waals surface area contributed by atoms with Crippen molar-refractivity contribution in [2.24, 2.45) is 0 Å². The van der Waals surface area contributed by atoms with E-state index >= 15 is 0 Å². The third-order valence-corrected chi connectivity index (χ3v) is 6.23. The molecule has 2 fully saturated rings. The maximum atomic E-state index is 13.5. The summed E-state index contributed by atoms with van der Waals surface area (Å²) in [4.78, 5) is 23.6. The molecule has 1 amide bonds. The molecule has 0 aromatic carbocycles. The van der Waals surface area contributed by atoms with E-state index in [2.05, 4.69) is 15.3 Å². The Balaban J connectivity index is 1.27. The number of pyridine rings is 1. The zero-order valence-corrected chi connectivity index (χ0v) is 16.5. The lowest BCUT2D eigenvalue weighted by Crippen LogP contribution is -2.44. The highest BCUT2D eigenvalue weighted by Gasteiger charge is 2.41. The van der Waals surface area contributed by atoms with Crippen molar-refractivity contribution in [3.63, 3.8) is 0 Å². The van der Waals surface area contributed by atoms with E-state index in [1.807, 2.05) is 29.3 Å². The molecule has 30 heavy (non-hydrogen) atoms. The number of carbonyl (C=O) groups excluding carboxylic acids is 1. The van der Waals surface area contributed by atoms with E-state index in [0.717, 1.165) is 31.2 Å². The zero-order valence-electron chi connectivity index (χ0n) is 16.5. The van der Waals surface area contributed by atoms with Gasteiger partial charge >= 0.3 is 0 Å². The standard InChI is InChI=1S/C21H24F2N6O/c22-21(23)8-11-27(13-21)16-6-4-15(5-7-16)25-20(30)19-26-18(28-12-9-24-14-28)17-3-1-2-10-29(17)19/h1-3,9-10,12,14-16H,4-8,11,13H2,(H,25,30). The lowest BCUT2D eigenvalue weighted by atomic mass is 9.90. The number of halogens is 2. The molecular weight excluding hydrogens is 390 g/mol. The SMILES string of the molecule is O=C(NC1CCC(N2CCC(F)(F)C2)CC1)c1nc(-n2ccnc2)c2ccccn12. The summed E-state index contributed by atoms with van der Waals surface area (Å²) in [5, 5.41) is 3.10. The van der Waals surface area contributed by atoms with Crippen molar-refractivity contribution in [1.82, 2.24) is 29.2 Å². The van der Waals surface area contributed by atoms with Gasteiger partial charge in [0, 0.05) is 43.6 Å². The van der Waals surface area contributed by atoms with Gasteiger partial charge in [0.25, 0.3) is 11.8 Å². The van der Waals surface area contributed by atoms with Gasteiger partial charge in [-0.25, -0.2) is 18.7 Å². The number of nitrogens with one attached hydrogen (secondary N) is 1. The molecule has 0 unspecified atom stereocenters. The van der Waals surface area contributed by atoms with Gasteiger partial charge in [-0.1, -0.05) is 6.07 Å². The van der Waals surface area contributed by atoms with Crippen LogP contribution < -0.4 is 5.32 Å². The second-order valence-electron chi connectivity index (χ2n) is 8.24. The Morgan fingerprint density at radius 1 is 1.17 bits per heavy atom. The Morgan fingerprint density at radius 2 is 2.00 bits per heavy atom. The van der Waals surface area contributed by atoms with Crippen LogP contribution in [-0.2, 0) is 0 Å². The minimum Gasteiger partial charge on any atom is -0.347 e. The van der Waals surface area contributed by atoms with Gasteiger partial charge in [0.2, 0.25) is 5.82 Å². The van der Waals surface area contributed by atoms with Crippen molar-refractivity contribution >= 4 is 11.4 Å². The zero-order chi connectivity index (χ0) is 20.7. The van der Waals surface area contributed by atoms with E-state index in [4.69, 9.17) is 0 Å². The predicted molar refractivity (Wildman–Crippen MR) is 107 cm³/mol. The van der Waals surface area contributed by atoms with Crippen molar-refractivity contribution in [3.8, 4) is 5.82 Å². The molecule has 5 rings (SSSR count). The van der Waals surface area contributed by atoms with Crippen molar-refractivity contribution in [1.29, 1.82) is 0 Å². The van der Waals surface area contributed by atoms with Gasteiger partial charge in [-0.15, -0.1) is 0 Å². The van der Waals surface area contributed by atoms with Crippen LogP contribution in [0.2, 0.25) is 0 Å². The first kappa shape index (κ1) is 19.2. The van der Waals surface area contributed by atoms with Gasteiger partial charge in [-0.2, -0.15) is 0 Å². The highest BCUT2D eigenvalue weighted by atomic mass is 19.3. The van der Waals surface area contributed by atoms with Gasteiger partial charge in [0.15, 0.2) is 5.82 Å². The molecule has 0 radical (unpaired) electrons. The van der Waals surface area contributed by atoms with E-state index in [0.29, 0.717) is 18.2 Å². The van der Waals surface area contributed by atoms with E-state index in [-0.39, 0.29) is 31.0 Å². The van der Waals surface area contributed by atoms with Crippen LogP contribution in [0.3, 0.4) is 0 Å². The number of hydrogen-bond donors (Lipinski definition) is 1. The van der Waals surface area contributed by atoms with Crippen LogP contribution in [0.4, 0.5) is 8.78 Å². The third kappa shape index (κ3) is 3.58. The minimum absolute atomic E-state index is 0.0321. The van der Waals surface area contributed by atoms with Crippen LogP contribution in [-0.4, -0.2) is 60.8 Å². The van der Waals surface area contributed by atoms with Gasteiger partial charge in [0.05, 0.1) is 12.1 Å². The fourth-order valence-corrected chi connectivity index (χ4v) is 4.67. The van der Waals surface area contributed by atoms with Crippen LogP contribution >= 0.6 is 0 Å². The van der Waals surface area contributed by atoms with Gasteiger partial charge < -0.3 is 5.32 Å². The number of imidazole rings is 2. The van der Waals surface area contributed by atoms with Crippen molar-refractivity contribution in [2.45, 2.75) is 50.1 Å². The largest absolute Gasteiger partial charge is 0.347 e. The topological polar surface area (TPSA) is 67.5 Å². The number of hydrogen-bond acceptors (Lipinski definition) is 4. The highest BCUT2D eigenvalue weighted by molar-refractivity contribution is 5.93. The smallest absolute Gasteiger partial charge is 0.287 e.